The van der Waals surface area contributed by atoms with E-state index >= 15 is 0 Å². The molecular weight excluding hydrogens is 1080 g/mol. The zero-order valence-corrected chi connectivity index (χ0v) is 44.4. The van der Waals surface area contributed by atoms with E-state index in [0.29, 0.717) is 54.6 Å². The lowest BCUT2D eigenvalue weighted by molar-refractivity contribution is 0.305. The second kappa shape index (κ2) is 35.0. The molecule has 0 fully saturated rings. The molecule has 42 nitrogen and oxygen atoms in total. The number of aliphatic hydroxyl groups is 6. The summed E-state index contributed by atoms with van der Waals surface area (Å²) in [6.45, 7) is 3.11. The predicted octanol–water partition coefficient (Wildman–Crippen LogP) is -8.88. The summed E-state index contributed by atoms with van der Waals surface area (Å²) in [5.41, 5.74) is 13.0. The van der Waals surface area contributed by atoms with Gasteiger partial charge in [0.1, 0.15) is 0 Å². The maximum absolute atomic E-state index is 9.46. The van der Waals surface area contributed by atoms with Crippen molar-refractivity contribution in [2.24, 2.45) is 25.0 Å². The molecule has 0 bridgehead atoms. The zero-order valence-electron chi connectivity index (χ0n) is 44.4. The molecule has 0 amide bonds. The summed E-state index contributed by atoms with van der Waals surface area (Å²) in [5, 5.41) is 89.1. The average Bonchev–Trinajstić information content (AvgIpc) is 3.54. The first-order valence-electron chi connectivity index (χ1n) is 25.6. The van der Waals surface area contributed by atoms with Crippen molar-refractivity contribution >= 4 is 77.3 Å². The maximum Gasteiger partial charge on any atom is 0.229 e. The van der Waals surface area contributed by atoms with Crippen molar-refractivity contribution in [3.63, 3.8) is 0 Å². The van der Waals surface area contributed by atoms with E-state index in [1.54, 1.807) is 0 Å². The van der Waals surface area contributed by atoms with Crippen molar-refractivity contribution in [1.29, 1.82) is 0 Å². The second-order valence-electron chi connectivity index (χ2n) is 16.0. The predicted molar refractivity (Wildman–Crippen MR) is 299 cm³/mol. The lowest BCUT2D eigenvalue weighted by Crippen LogP contribution is -2.38. The molecule has 0 aliphatic heterocycles. The molecule has 6 aromatic rings. The van der Waals surface area contributed by atoms with Gasteiger partial charge in [-0.3, -0.25) is 44.9 Å². The fourth-order valence-corrected chi connectivity index (χ4v) is 6.34. The van der Waals surface area contributed by atoms with Gasteiger partial charge in [0.25, 0.3) is 0 Å². The molecule has 42 heteroatoms. The van der Waals surface area contributed by atoms with E-state index in [1.807, 2.05) is 0 Å². The van der Waals surface area contributed by atoms with Crippen LogP contribution in [-0.4, -0.2) is 265 Å². The van der Waals surface area contributed by atoms with Crippen LogP contribution in [0, 0.1) is 0 Å². The number of H-pyrrole nitrogens is 5. The Kier molecular flexibility index (Phi) is 26.2. The van der Waals surface area contributed by atoms with Crippen molar-refractivity contribution < 1.29 is 30.6 Å². The second-order valence-corrected chi connectivity index (χ2v) is 16.0. The number of nitrogens with zero attached hydrogens (tertiary/aromatic N) is 18. The number of anilines is 13. The van der Waals surface area contributed by atoms with E-state index in [9.17, 15) is 20.4 Å². The van der Waals surface area contributed by atoms with Gasteiger partial charge in [-0.1, -0.05) is 0 Å². The summed E-state index contributed by atoms with van der Waals surface area (Å²) < 4.78 is 0. The van der Waals surface area contributed by atoms with Gasteiger partial charge in [-0.25, -0.2) is 4.99 Å². The summed E-state index contributed by atoms with van der Waals surface area (Å²) in [7, 11) is 0. The molecule has 6 rings (SSSR count). The van der Waals surface area contributed by atoms with Crippen LogP contribution in [0.1, 0.15) is 0 Å². The average molecular weight is 1150 g/mol. The summed E-state index contributed by atoms with van der Waals surface area (Å²) in [5.74, 6) is 2.62. The molecule has 0 aliphatic rings. The molecule has 0 unspecified atom stereocenters. The van der Waals surface area contributed by atoms with Crippen LogP contribution in [0.15, 0.2) is 25.0 Å². The van der Waals surface area contributed by atoms with Gasteiger partial charge in [0.2, 0.25) is 105 Å². The minimum atomic E-state index is -0.198. The number of aromatic nitrogens is 18. The Balaban J connectivity index is 1.04. The van der Waals surface area contributed by atoms with E-state index in [0.717, 1.165) is 0 Å². The molecule has 6 aromatic heterocycles. The number of aliphatic hydroxyl groups excluding tert-OH is 6. The Hall–Kier alpha value is -9.78. The topological polar surface area (TPSA) is 614 Å². The molecule has 0 aliphatic carbocycles. The first-order chi connectivity index (χ1) is 40.1. The van der Waals surface area contributed by atoms with E-state index in [-0.39, 0.29) is 195 Å². The number of hydrogen-bond acceptors (Lipinski definition) is 37. The molecule has 0 saturated carbocycles. The third-order valence-electron chi connectivity index (χ3n) is 9.67. The van der Waals surface area contributed by atoms with Gasteiger partial charge in [-0.15, -0.1) is 0 Å². The van der Waals surface area contributed by atoms with Gasteiger partial charge >= 0.3 is 0 Å². The Morgan fingerprint density at radius 3 is 0.866 bits per heavy atom. The van der Waals surface area contributed by atoms with E-state index in [1.165, 1.54) is 0 Å². The fraction of sp³-hybridized carbons (Fsp3) is 0.550. The number of rotatable bonds is 38. The molecule has 26 N–H and O–H groups in total. The highest BCUT2D eigenvalue weighted by molar-refractivity contribution is 5.45. The minimum Gasteiger partial charge on any atom is -0.395 e. The fourth-order valence-electron chi connectivity index (χ4n) is 6.34. The molecule has 446 valence electrons. The van der Waals surface area contributed by atoms with Crippen LogP contribution in [0.3, 0.4) is 0 Å². The lowest BCUT2D eigenvalue weighted by atomic mass is 10.6. The van der Waals surface area contributed by atoms with Gasteiger partial charge < -0.3 is 101 Å². The molecule has 0 radical (unpaired) electrons. The Morgan fingerprint density at radius 1 is 0.268 bits per heavy atom. The largest absolute Gasteiger partial charge is 0.395 e. The van der Waals surface area contributed by atoms with Gasteiger partial charge in [0, 0.05) is 72.0 Å². The number of aromatic amines is 5. The smallest absolute Gasteiger partial charge is 0.229 e. The first-order valence-corrected chi connectivity index (χ1v) is 25.6. The zero-order chi connectivity index (χ0) is 58.0. The van der Waals surface area contributed by atoms with E-state index in [2.05, 4.69) is 173 Å². The molecule has 0 saturated heterocycles. The first kappa shape index (κ1) is 61.4. The highest BCUT2D eigenvalue weighted by Crippen LogP contribution is 2.12. The van der Waals surface area contributed by atoms with Gasteiger partial charge in [-0.2, -0.15) is 64.8 Å². The Labute approximate surface area is 464 Å². The number of nitrogens with two attached hydrogens (primary N) is 2. The summed E-state index contributed by atoms with van der Waals surface area (Å²) in [6, 6.07) is 0. The Morgan fingerprint density at radius 2 is 0.537 bits per heavy atom. The third kappa shape index (κ3) is 22.9. The van der Waals surface area contributed by atoms with Crippen molar-refractivity contribution in [2.45, 2.75) is 0 Å². The van der Waals surface area contributed by atoms with Crippen molar-refractivity contribution in [1.82, 2.24) is 89.7 Å². The van der Waals surface area contributed by atoms with Crippen molar-refractivity contribution in [3.05, 3.63) is 28.1 Å². The highest BCUT2D eigenvalue weighted by atomic mass is 16.3. The van der Waals surface area contributed by atoms with E-state index < -0.39 is 0 Å². The molecule has 0 atom stereocenters. The monoisotopic (exact) mass is 1150 g/mol. The van der Waals surface area contributed by atoms with Gasteiger partial charge in [-0.05, 0) is 0 Å². The van der Waals surface area contributed by atoms with Crippen LogP contribution < -0.4 is 98.0 Å². The molecular formula is C40H70N36O6. The summed E-state index contributed by atoms with van der Waals surface area (Å²) in [4.78, 5) is 93.1. The van der Waals surface area contributed by atoms with Crippen molar-refractivity contribution in [3.8, 4) is 0 Å². The molecule has 0 spiro atoms. The standard InChI is InChI=1S/C40H70N36O6/c41-23-59-25(63-27(61-23)53-11-17-77)43-1-3-45-29-65-31(71-37(69-29)55-13-19-79)47-5-7-49-33-67-35(75-39(73-33)57-15-21-81)51-9-10-52-36-68-34(74-40(76-36)58-16-22-82)50-8-6-48-32-66-30(70-38(72-32)56-14-20-80)46-4-2-44-26-60-24(42)62-28(64-26)54-12-18-78/h77-82H,1-22H2,(H4,41,43,53,59,61,63)(H4,42,44,54,60,62,64)(H3,45,47,55,65,69,71)(H3,46,48,56,66,70,72)(H3,49,51,57,67,73,75)(H3,50,52,58,68,74,76). The molecule has 6 heterocycles. The SMILES string of the molecule is Nc1nc(NCCO)nc(NCCNc2nc(NCCO)nc(NCCN=c3[nH]c(NCCN=c4[nH]c(=NCCO)[nH]c(=NCCNc5nc(NCCO)nc(NCCNc6nc(N)nc(NCCO)n6)n5)[nH]4)nc(=NCCO)[nH]3)n2)n1. The lowest BCUT2D eigenvalue weighted by Gasteiger charge is -2.11. The van der Waals surface area contributed by atoms with Crippen LogP contribution in [0.2, 0.25) is 0 Å². The highest BCUT2D eigenvalue weighted by Gasteiger charge is 2.10. The number of nitrogens with one attached hydrogen (secondary N) is 16. The van der Waals surface area contributed by atoms with Crippen LogP contribution in [0.4, 0.5) is 77.3 Å². The van der Waals surface area contributed by atoms with Crippen LogP contribution in [0.5, 0.6) is 0 Å². The number of hydrogen-bond donors (Lipinski definition) is 24. The quantitative estimate of drug-likeness (QED) is 0.0160. The van der Waals surface area contributed by atoms with Gasteiger partial charge in [0.05, 0.1) is 72.4 Å². The third-order valence-corrected chi connectivity index (χ3v) is 9.67. The van der Waals surface area contributed by atoms with E-state index in [4.69, 9.17) is 21.7 Å². The normalized spacial score (nSPS) is 12.3. The molecule has 0 aromatic carbocycles. The van der Waals surface area contributed by atoms with Crippen molar-refractivity contribution in [2.75, 3.05) is 214 Å². The van der Waals surface area contributed by atoms with Crippen LogP contribution in [-0.2, 0) is 0 Å². The Bertz CT molecular complexity index is 3220. The number of nitrogen functional groups attached to an aromatic ring is 2. The molecule has 82 heavy (non-hydrogen) atoms. The van der Waals surface area contributed by atoms with Crippen LogP contribution >= 0.6 is 0 Å². The minimum absolute atomic E-state index is 0.00451. The maximum atomic E-state index is 9.46. The summed E-state index contributed by atoms with van der Waals surface area (Å²) >= 11 is 0. The summed E-state index contributed by atoms with van der Waals surface area (Å²) in [6.07, 6.45) is 0. The van der Waals surface area contributed by atoms with Gasteiger partial charge in [0.15, 0.2) is 0 Å². The van der Waals surface area contributed by atoms with Crippen LogP contribution in [0.25, 0.3) is 0 Å².